The number of pyridine rings is 1. The lowest BCUT2D eigenvalue weighted by Crippen LogP contribution is -2.23. The summed E-state index contributed by atoms with van der Waals surface area (Å²) in [5, 5.41) is 8.00. The van der Waals surface area contributed by atoms with Crippen molar-refractivity contribution in [3.8, 4) is 0 Å². The maximum Gasteiger partial charge on any atom is 0.251 e. The van der Waals surface area contributed by atoms with E-state index < -0.39 is 0 Å². The minimum absolute atomic E-state index is 0.198. The van der Waals surface area contributed by atoms with Gasteiger partial charge in [0.15, 0.2) is 0 Å². The largest absolute Gasteiger partial charge is 0.370 e. The zero-order valence-electron chi connectivity index (χ0n) is 10.3. The maximum absolute atomic E-state index is 12.0. The summed E-state index contributed by atoms with van der Waals surface area (Å²) >= 11 is 7.38. The average molecular weight is 297 g/mol. The van der Waals surface area contributed by atoms with Crippen LogP contribution in [0.15, 0.2) is 23.0 Å². The predicted molar refractivity (Wildman–Crippen MR) is 76.7 cm³/mol. The zero-order chi connectivity index (χ0) is 13.7. The predicted octanol–water partition coefficient (Wildman–Crippen LogP) is 2.55. The van der Waals surface area contributed by atoms with E-state index in [1.807, 2.05) is 12.3 Å². The quantitative estimate of drug-likeness (QED) is 0.832. The van der Waals surface area contributed by atoms with Crippen molar-refractivity contribution in [2.24, 2.45) is 0 Å². The Morgan fingerprint density at radius 2 is 2.32 bits per heavy atom. The molecule has 2 aromatic rings. The van der Waals surface area contributed by atoms with E-state index in [0.717, 1.165) is 5.69 Å². The van der Waals surface area contributed by atoms with Gasteiger partial charge in [0.2, 0.25) is 0 Å². The van der Waals surface area contributed by atoms with Gasteiger partial charge in [-0.3, -0.25) is 4.79 Å². The molecule has 2 heterocycles. The molecule has 5 nitrogen and oxygen atoms in total. The molecule has 1 amide bonds. The molecule has 0 aliphatic carbocycles. The lowest BCUT2D eigenvalue weighted by Gasteiger charge is -2.07. The normalized spacial score (nSPS) is 10.2. The standard InChI is InChI=1S/C12H13ClN4OS/c1-2-14-11-4-8(3-10(13)17-11)12(18)15-5-9-6-19-7-16-9/h3-4,6-7H,2,5H2,1H3,(H,14,17)(H,15,18). The van der Waals surface area contributed by atoms with Crippen molar-refractivity contribution in [3.05, 3.63) is 39.4 Å². The Morgan fingerprint density at radius 1 is 1.47 bits per heavy atom. The molecule has 2 N–H and O–H groups in total. The zero-order valence-corrected chi connectivity index (χ0v) is 11.9. The third-order valence-corrected chi connectivity index (χ3v) is 3.16. The van der Waals surface area contributed by atoms with E-state index in [-0.39, 0.29) is 11.1 Å². The number of hydrogen-bond donors (Lipinski definition) is 2. The van der Waals surface area contributed by atoms with Crippen molar-refractivity contribution in [2.45, 2.75) is 13.5 Å². The third-order valence-electron chi connectivity index (χ3n) is 2.33. The molecule has 100 valence electrons. The van der Waals surface area contributed by atoms with Gasteiger partial charge in [-0.25, -0.2) is 9.97 Å². The van der Waals surface area contributed by atoms with Gasteiger partial charge >= 0.3 is 0 Å². The van der Waals surface area contributed by atoms with Crippen LogP contribution in [0.1, 0.15) is 23.0 Å². The van der Waals surface area contributed by atoms with Gasteiger partial charge < -0.3 is 10.6 Å². The lowest BCUT2D eigenvalue weighted by molar-refractivity contribution is 0.0950. The second-order valence-electron chi connectivity index (χ2n) is 3.76. The van der Waals surface area contributed by atoms with Gasteiger partial charge in [0.25, 0.3) is 5.91 Å². The van der Waals surface area contributed by atoms with Crippen LogP contribution in [0.3, 0.4) is 0 Å². The van der Waals surface area contributed by atoms with E-state index in [2.05, 4.69) is 20.6 Å². The van der Waals surface area contributed by atoms with E-state index in [9.17, 15) is 4.79 Å². The molecule has 0 aliphatic rings. The number of halogens is 1. The van der Waals surface area contributed by atoms with E-state index in [0.29, 0.717) is 24.5 Å². The van der Waals surface area contributed by atoms with Gasteiger partial charge in [-0.05, 0) is 19.1 Å². The Balaban J connectivity index is 2.05. The molecular weight excluding hydrogens is 284 g/mol. The molecule has 2 aromatic heterocycles. The molecular formula is C12H13ClN4OS. The van der Waals surface area contributed by atoms with Crippen LogP contribution in [-0.4, -0.2) is 22.4 Å². The van der Waals surface area contributed by atoms with E-state index >= 15 is 0 Å². The first-order valence-corrected chi connectivity index (χ1v) is 7.08. The molecule has 0 atom stereocenters. The van der Waals surface area contributed by atoms with Crippen molar-refractivity contribution >= 4 is 34.7 Å². The van der Waals surface area contributed by atoms with Gasteiger partial charge in [0, 0.05) is 17.5 Å². The maximum atomic E-state index is 12.0. The molecule has 7 heteroatoms. The Kier molecular flexibility index (Phi) is 4.70. The first-order valence-electron chi connectivity index (χ1n) is 5.75. The van der Waals surface area contributed by atoms with Crippen molar-refractivity contribution in [1.82, 2.24) is 15.3 Å². The second-order valence-corrected chi connectivity index (χ2v) is 4.86. The van der Waals surface area contributed by atoms with Crippen LogP contribution in [-0.2, 0) is 6.54 Å². The summed E-state index contributed by atoms with van der Waals surface area (Å²) in [6, 6.07) is 3.21. The molecule has 0 unspecified atom stereocenters. The number of carbonyl (C=O) groups is 1. The second kappa shape index (κ2) is 6.49. The van der Waals surface area contributed by atoms with Gasteiger partial charge in [0.1, 0.15) is 11.0 Å². The number of amides is 1. The average Bonchev–Trinajstić information content (AvgIpc) is 2.88. The van der Waals surface area contributed by atoms with Crippen LogP contribution in [0.5, 0.6) is 0 Å². The number of hydrogen-bond acceptors (Lipinski definition) is 5. The summed E-state index contributed by atoms with van der Waals surface area (Å²) in [6.07, 6.45) is 0. The SMILES string of the molecule is CCNc1cc(C(=O)NCc2cscn2)cc(Cl)n1. The highest BCUT2D eigenvalue weighted by atomic mass is 35.5. The highest BCUT2D eigenvalue weighted by Crippen LogP contribution is 2.14. The molecule has 0 spiro atoms. The van der Waals surface area contributed by atoms with Gasteiger partial charge in [-0.15, -0.1) is 11.3 Å². The molecule has 0 radical (unpaired) electrons. The Labute approximate surface area is 120 Å². The number of nitrogens with zero attached hydrogens (tertiary/aromatic N) is 2. The minimum Gasteiger partial charge on any atom is -0.370 e. The van der Waals surface area contributed by atoms with Crippen molar-refractivity contribution in [2.75, 3.05) is 11.9 Å². The Hall–Kier alpha value is -1.66. The highest BCUT2D eigenvalue weighted by Gasteiger charge is 2.09. The minimum atomic E-state index is -0.198. The van der Waals surface area contributed by atoms with Crippen LogP contribution < -0.4 is 10.6 Å². The van der Waals surface area contributed by atoms with Crippen molar-refractivity contribution < 1.29 is 4.79 Å². The van der Waals surface area contributed by atoms with Crippen LogP contribution in [0.2, 0.25) is 5.15 Å². The van der Waals surface area contributed by atoms with Crippen LogP contribution in [0.4, 0.5) is 5.82 Å². The van der Waals surface area contributed by atoms with Crippen LogP contribution in [0, 0.1) is 0 Å². The van der Waals surface area contributed by atoms with E-state index in [4.69, 9.17) is 11.6 Å². The summed E-state index contributed by atoms with van der Waals surface area (Å²) in [4.78, 5) is 20.2. The molecule has 2 rings (SSSR count). The molecule has 0 saturated carbocycles. The molecule has 0 bridgehead atoms. The van der Waals surface area contributed by atoms with E-state index in [1.165, 1.54) is 11.3 Å². The lowest BCUT2D eigenvalue weighted by atomic mass is 10.2. The van der Waals surface area contributed by atoms with Crippen LogP contribution in [0.25, 0.3) is 0 Å². The smallest absolute Gasteiger partial charge is 0.251 e. The summed E-state index contributed by atoms with van der Waals surface area (Å²) in [5.74, 6) is 0.394. The fourth-order valence-electron chi connectivity index (χ4n) is 1.50. The first-order chi connectivity index (χ1) is 9.19. The summed E-state index contributed by atoms with van der Waals surface area (Å²) in [5.41, 5.74) is 3.05. The molecule has 0 fully saturated rings. The van der Waals surface area contributed by atoms with Crippen molar-refractivity contribution in [3.63, 3.8) is 0 Å². The van der Waals surface area contributed by atoms with Gasteiger partial charge in [0.05, 0.1) is 17.7 Å². The fraction of sp³-hybridized carbons (Fsp3) is 0.250. The number of rotatable bonds is 5. The summed E-state index contributed by atoms with van der Waals surface area (Å²) in [7, 11) is 0. The Bertz CT molecular complexity index is 559. The molecule has 0 saturated heterocycles. The Morgan fingerprint density at radius 3 is 3.00 bits per heavy atom. The third kappa shape index (κ3) is 3.90. The number of thiazole rings is 1. The number of aromatic nitrogens is 2. The fourth-order valence-corrected chi connectivity index (χ4v) is 2.26. The summed E-state index contributed by atoms with van der Waals surface area (Å²) < 4.78 is 0. The van der Waals surface area contributed by atoms with Crippen LogP contribution >= 0.6 is 22.9 Å². The highest BCUT2D eigenvalue weighted by molar-refractivity contribution is 7.07. The molecule has 0 aliphatic heterocycles. The monoisotopic (exact) mass is 296 g/mol. The number of carbonyl (C=O) groups excluding carboxylic acids is 1. The number of anilines is 1. The number of nitrogens with one attached hydrogen (secondary N) is 2. The molecule has 0 aromatic carbocycles. The topological polar surface area (TPSA) is 66.9 Å². The van der Waals surface area contributed by atoms with Gasteiger partial charge in [-0.1, -0.05) is 11.6 Å². The first kappa shape index (κ1) is 13.8. The van der Waals surface area contributed by atoms with Crippen molar-refractivity contribution in [1.29, 1.82) is 0 Å². The van der Waals surface area contributed by atoms with E-state index in [1.54, 1.807) is 17.6 Å². The van der Waals surface area contributed by atoms with Gasteiger partial charge in [-0.2, -0.15) is 0 Å². The summed E-state index contributed by atoms with van der Waals surface area (Å²) in [6.45, 7) is 3.07. The molecule has 19 heavy (non-hydrogen) atoms.